The van der Waals surface area contributed by atoms with E-state index >= 15 is 0 Å². The summed E-state index contributed by atoms with van der Waals surface area (Å²) >= 11 is 6.21. The molecule has 0 spiro atoms. The van der Waals surface area contributed by atoms with Gasteiger partial charge in [0.15, 0.2) is 0 Å². The number of amidine groups is 1. The zero-order chi connectivity index (χ0) is 14.9. The molecule has 0 amide bonds. The summed E-state index contributed by atoms with van der Waals surface area (Å²) in [5.74, 6) is -0.0275. The second kappa shape index (κ2) is 5.59. The summed E-state index contributed by atoms with van der Waals surface area (Å²) in [6.45, 7) is 2.08. The Labute approximate surface area is 123 Å². The van der Waals surface area contributed by atoms with Crippen molar-refractivity contribution in [3.63, 3.8) is 0 Å². The van der Waals surface area contributed by atoms with Gasteiger partial charge in [0.1, 0.15) is 5.84 Å². The average molecular weight is 317 g/mol. The van der Waals surface area contributed by atoms with E-state index in [9.17, 15) is 8.42 Å². The molecule has 1 aromatic rings. The lowest BCUT2D eigenvalue weighted by Crippen LogP contribution is -2.48. The normalized spacial score (nSPS) is 17.2. The van der Waals surface area contributed by atoms with Gasteiger partial charge in [-0.15, -0.1) is 0 Å². The number of benzene rings is 1. The number of piperazine rings is 1. The van der Waals surface area contributed by atoms with E-state index in [1.165, 1.54) is 10.6 Å². The molecule has 0 unspecified atom stereocenters. The van der Waals surface area contributed by atoms with Crippen molar-refractivity contribution in [3.05, 3.63) is 28.8 Å². The summed E-state index contributed by atoms with van der Waals surface area (Å²) in [5.41, 5.74) is 6.83. The molecule has 6 nitrogen and oxygen atoms in total. The first-order valence-electron chi connectivity index (χ1n) is 6.13. The zero-order valence-electron chi connectivity index (χ0n) is 11.1. The van der Waals surface area contributed by atoms with Crippen LogP contribution in [-0.2, 0) is 10.0 Å². The van der Waals surface area contributed by atoms with Crippen molar-refractivity contribution >= 4 is 33.1 Å². The number of anilines is 1. The van der Waals surface area contributed by atoms with E-state index in [2.05, 4.69) is 0 Å². The number of nitrogens with one attached hydrogen (secondary N) is 1. The van der Waals surface area contributed by atoms with Crippen LogP contribution in [0.2, 0.25) is 5.02 Å². The summed E-state index contributed by atoms with van der Waals surface area (Å²) in [5, 5.41) is 7.89. The van der Waals surface area contributed by atoms with E-state index in [0.717, 1.165) is 5.69 Å². The van der Waals surface area contributed by atoms with Crippen LogP contribution in [0.25, 0.3) is 0 Å². The van der Waals surface area contributed by atoms with Crippen LogP contribution in [0.1, 0.15) is 5.56 Å². The number of hydrogen-bond acceptors (Lipinski definition) is 4. The van der Waals surface area contributed by atoms with Crippen molar-refractivity contribution in [1.82, 2.24) is 4.31 Å². The van der Waals surface area contributed by atoms with Crippen LogP contribution in [0.15, 0.2) is 18.2 Å². The van der Waals surface area contributed by atoms with Gasteiger partial charge in [-0.05, 0) is 18.2 Å². The maximum Gasteiger partial charge on any atom is 0.211 e. The molecule has 20 heavy (non-hydrogen) atoms. The second-order valence-electron chi connectivity index (χ2n) is 4.73. The summed E-state index contributed by atoms with van der Waals surface area (Å²) in [6.07, 6.45) is 1.22. The first kappa shape index (κ1) is 15.1. The highest BCUT2D eigenvalue weighted by Crippen LogP contribution is 2.28. The van der Waals surface area contributed by atoms with Crippen molar-refractivity contribution in [2.45, 2.75) is 0 Å². The topological polar surface area (TPSA) is 90.5 Å². The minimum atomic E-state index is -3.13. The van der Waals surface area contributed by atoms with E-state index in [0.29, 0.717) is 36.8 Å². The highest BCUT2D eigenvalue weighted by atomic mass is 35.5. The molecule has 0 atom stereocenters. The maximum absolute atomic E-state index is 11.5. The minimum Gasteiger partial charge on any atom is -0.384 e. The standard InChI is InChI=1S/C12H17ClN4O2S/c1-20(18,19)17-6-4-16(5-7-17)11-3-2-9(12(14)15)8-10(11)13/h2-3,8H,4-7H2,1H3,(H3,14,15). The van der Waals surface area contributed by atoms with Gasteiger partial charge in [0, 0.05) is 31.7 Å². The van der Waals surface area contributed by atoms with Gasteiger partial charge in [-0.3, -0.25) is 5.41 Å². The molecule has 1 aliphatic heterocycles. The van der Waals surface area contributed by atoms with Crippen molar-refractivity contribution < 1.29 is 8.42 Å². The van der Waals surface area contributed by atoms with E-state index in [1.807, 2.05) is 11.0 Å². The Morgan fingerprint density at radius 2 is 1.90 bits per heavy atom. The Bertz CT molecular complexity index is 624. The largest absolute Gasteiger partial charge is 0.384 e. The van der Waals surface area contributed by atoms with E-state index < -0.39 is 10.0 Å². The summed E-state index contributed by atoms with van der Waals surface area (Å²) in [6, 6.07) is 5.21. The number of halogens is 1. The van der Waals surface area contributed by atoms with Gasteiger partial charge in [0.2, 0.25) is 10.0 Å². The number of nitrogen functional groups attached to an aromatic ring is 1. The van der Waals surface area contributed by atoms with Gasteiger partial charge < -0.3 is 10.6 Å². The Morgan fingerprint density at radius 1 is 1.30 bits per heavy atom. The Hall–Kier alpha value is -1.31. The summed E-state index contributed by atoms with van der Waals surface area (Å²) in [4.78, 5) is 2.04. The number of nitrogens with two attached hydrogens (primary N) is 1. The molecule has 2 rings (SSSR count). The molecule has 110 valence electrons. The van der Waals surface area contributed by atoms with E-state index in [4.69, 9.17) is 22.7 Å². The lowest BCUT2D eigenvalue weighted by Gasteiger charge is -2.35. The average Bonchev–Trinajstić information content (AvgIpc) is 2.37. The molecule has 0 bridgehead atoms. The van der Waals surface area contributed by atoms with Gasteiger partial charge in [0.05, 0.1) is 17.0 Å². The lowest BCUT2D eigenvalue weighted by atomic mass is 10.1. The fourth-order valence-corrected chi connectivity index (χ4v) is 3.32. The molecule has 1 fully saturated rings. The molecule has 1 saturated heterocycles. The Balaban J connectivity index is 2.13. The van der Waals surface area contributed by atoms with Crippen molar-refractivity contribution in [1.29, 1.82) is 5.41 Å². The summed E-state index contributed by atoms with van der Waals surface area (Å²) < 4.78 is 24.4. The molecule has 8 heteroatoms. The Morgan fingerprint density at radius 3 is 2.35 bits per heavy atom. The van der Waals surface area contributed by atoms with Crippen LogP contribution in [0.3, 0.4) is 0 Å². The molecule has 1 aromatic carbocycles. The quantitative estimate of drug-likeness (QED) is 0.634. The fourth-order valence-electron chi connectivity index (χ4n) is 2.19. The van der Waals surface area contributed by atoms with E-state index in [1.54, 1.807) is 12.1 Å². The van der Waals surface area contributed by atoms with Gasteiger partial charge >= 0.3 is 0 Å². The zero-order valence-corrected chi connectivity index (χ0v) is 12.7. The van der Waals surface area contributed by atoms with Crippen LogP contribution >= 0.6 is 11.6 Å². The monoisotopic (exact) mass is 316 g/mol. The molecule has 1 heterocycles. The van der Waals surface area contributed by atoms with Gasteiger partial charge in [-0.25, -0.2) is 8.42 Å². The number of rotatable bonds is 3. The van der Waals surface area contributed by atoms with Crippen LogP contribution in [0.4, 0.5) is 5.69 Å². The van der Waals surface area contributed by atoms with Crippen molar-refractivity contribution in [2.75, 3.05) is 37.3 Å². The predicted molar refractivity (Wildman–Crippen MR) is 81.1 cm³/mol. The number of hydrogen-bond donors (Lipinski definition) is 2. The van der Waals surface area contributed by atoms with Crippen LogP contribution < -0.4 is 10.6 Å². The van der Waals surface area contributed by atoms with Crippen molar-refractivity contribution in [3.8, 4) is 0 Å². The Kier molecular flexibility index (Phi) is 4.22. The third kappa shape index (κ3) is 3.23. The fraction of sp³-hybridized carbons (Fsp3) is 0.417. The molecule has 1 aliphatic rings. The lowest BCUT2D eigenvalue weighted by molar-refractivity contribution is 0.388. The number of nitrogens with zero attached hydrogens (tertiary/aromatic N) is 2. The SMILES string of the molecule is CS(=O)(=O)N1CCN(c2ccc(C(=N)N)cc2Cl)CC1. The van der Waals surface area contributed by atoms with Gasteiger partial charge in [-0.2, -0.15) is 4.31 Å². The first-order valence-corrected chi connectivity index (χ1v) is 8.35. The molecule has 0 aromatic heterocycles. The molecule has 0 aliphatic carbocycles. The molecular weight excluding hydrogens is 300 g/mol. The molecular formula is C12H17ClN4O2S. The molecule has 0 saturated carbocycles. The highest BCUT2D eigenvalue weighted by molar-refractivity contribution is 7.88. The van der Waals surface area contributed by atoms with Crippen molar-refractivity contribution in [2.24, 2.45) is 5.73 Å². The van der Waals surface area contributed by atoms with Crippen LogP contribution in [0, 0.1) is 5.41 Å². The van der Waals surface area contributed by atoms with Crippen LogP contribution in [-0.4, -0.2) is 51.0 Å². The first-order chi connectivity index (χ1) is 9.29. The summed E-state index contributed by atoms with van der Waals surface area (Å²) in [7, 11) is -3.13. The second-order valence-corrected chi connectivity index (χ2v) is 7.12. The van der Waals surface area contributed by atoms with E-state index in [-0.39, 0.29) is 5.84 Å². The van der Waals surface area contributed by atoms with Crippen LogP contribution in [0.5, 0.6) is 0 Å². The third-order valence-corrected chi connectivity index (χ3v) is 4.91. The predicted octanol–water partition coefficient (Wildman–Crippen LogP) is 0.706. The maximum atomic E-state index is 11.5. The molecule has 0 radical (unpaired) electrons. The third-order valence-electron chi connectivity index (χ3n) is 3.31. The minimum absolute atomic E-state index is 0.0275. The van der Waals surface area contributed by atoms with Gasteiger partial charge in [-0.1, -0.05) is 11.6 Å². The smallest absolute Gasteiger partial charge is 0.211 e. The highest BCUT2D eigenvalue weighted by Gasteiger charge is 2.24. The number of sulfonamides is 1. The van der Waals surface area contributed by atoms with Gasteiger partial charge in [0.25, 0.3) is 0 Å². The molecule has 3 N–H and O–H groups in total.